The van der Waals surface area contributed by atoms with Crippen molar-refractivity contribution in [2.24, 2.45) is 12.5 Å². The van der Waals surface area contributed by atoms with E-state index in [1.165, 1.54) is 4.90 Å². The highest BCUT2D eigenvalue weighted by atomic mass is 35.5. The molecule has 2 N–H and O–H groups in total. The monoisotopic (exact) mass is 300 g/mol. The molecule has 0 aliphatic carbocycles. The summed E-state index contributed by atoms with van der Waals surface area (Å²) in [5, 5.41) is 16.4. The number of halogens is 1. The fourth-order valence-electron chi connectivity index (χ4n) is 2.21. The van der Waals surface area contributed by atoms with Crippen LogP contribution in [0.5, 0.6) is 0 Å². The standard InChI is InChI=1S/C12H17ClN4O3/c1-12(10(18)19)3-4-17(7-12)11(20)14-5-9-8(13)6-16(2)15-9/h6H,3-5,7H2,1-2H3,(H,14,20)(H,18,19). The van der Waals surface area contributed by atoms with Crippen LogP contribution in [0.3, 0.4) is 0 Å². The average Bonchev–Trinajstić information content (AvgIpc) is 2.91. The van der Waals surface area contributed by atoms with E-state index < -0.39 is 11.4 Å². The largest absolute Gasteiger partial charge is 0.481 e. The van der Waals surface area contributed by atoms with Gasteiger partial charge in [-0.05, 0) is 13.3 Å². The molecule has 1 aromatic heterocycles. The Hall–Kier alpha value is -1.76. The summed E-state index contributed by atoms with van der Waals surface area (Å²) >= 11 is 5.95. The van der Waals surface area contributed by atoms with E-state index in [9.17, 15) is 9.59 Å². The lowest BCUT2D eigenvalue weighted by Gasteiger charge is -2.20. The third kappa shape index (κ3) is 2.87. The Labute approximate surface area is 121 Å². The van der Waals surface area contributed by atoms with Crippen LogP contribution in [0.25, 0.3) is 0 Å². The Bertz CT molecular complexity index is 545. The number of hydrogen-bond acceptors (Lipinski definition) is 3. The second-order valence-corrected chi connectivity index (χ2v) is 5.70. The summed E-state index contributed by atoms with van der Waals surface area (Å²) in [5.74, 6) is -0.874. The number of carboxylic acids is 1. The van der Waals surface area contributed by atoms with Gasteiger partial charge in [-0.15, -0.1) is 0 Å². The summed E-state index contributed by atoms with van der Waals surface area (Å²) in [7, 11) is 1.75. The van der Waals surface area contributed by atoms with Crippen LogP contribution in [0.15, 0.2) is 6.20 Å². The molecule has 1 saturated heterocycles. The van der Waals surface area contributed by atoms with E-state index in [1.54, 1.807) is 24.9 Å². The topological polar surface area (TPSA) is 87.5 Å². The molecule has 20 heavy (non-hydrogen) atoms. The van der Waals surface area contributed by atoms with Gasteiger partial charge in [0.25, 0.3) is 0 Å². The van der Waals surface area contributed by atoms with E-state index in [2.05, 4.69) is 10.4 Å². The predicted molar refractivity (Wildman–Crippen MR) is 72.4 cm³/mol. The van der Waals surface area contributed by atoms with Crippen molar-refractivity contribution < 1.29 is 14.7 Å². The quantitative estimate of drug-likeness (QED) is 0.874. The average molecular weight is 301 g/mol. The molecule has 8 heteroatoms. The zero-order valence-electron chi connectivity index (χ0n) is 11.4. The van der Waals surface area contributed by atoms with Gasteiger partial charge in [0.1, 0.15) is 5.69 Å². The van der Waals surface area contributed by atoms with Gasteiger partial charge in [-0.25, -0.2) is 4.79 Å². The highest BCUT2D eigenvalue weighted by Gasteiger charge is 2.42. The molecule has 2 heterocycles. The van der Waals surface area contributed by atoms with Crippen LogP contribution in [0.1, 0.15) is 19.0 Å². The number of carbonyl (C=O) groups excluding carboxylic acids is 1. The van der Waals surface area contributed by atoms with Gasteiger partial charge in [0.05, 0.1) is 17.0 Å². The minimum Gasteiger partial charge on any atom is -0.481 e. The maximum atomic E-state index is 12.0. The number of aryl methyl sites for hydroxylation is 1. The van der Waals surface area contributed by atoms with E-state index in [1.807, 2.05) is 0 Å². The molecule has 0 bridgehead atoms. The second kappa shape index (κ2) is 5.32. The normalized spacial score (nSPS) is 22.1. The van der Waals surface area contributed by atoms with Gasteiger partial charge in [-0.2, -0.15) is 5.10 Å². The van der Waals surface area contributed by atoms with Gasteiger partial charge in [0.15, 0.2) is 0 Å². The number of amides is 2. The summed E-state index contributed by atoms with van der Waals surface area (Å²) in [6.45, 7) is 2.52. The zero-order valence-corrected chi connectivity index (χ0v) is 12.1. The van der Waals surface area contributed by atoms with Crippen LogP contribution < -0.4 is 5.32 Å². The van der Waals surface area contributed by atoms with Crippen molar-refractivity contribution in [3.05, 3.63) is 16.9 Å². The van der Waals surface area contributed by atoms with Gasteiger partial charge in [-0.3, -0.25) is 9.48 Å². The molecule has 110 valence electrons. The number of aliphatic carboxylic acids is 1. The fraction of sp³-hybridized carbons (Fsp3) is 0.583. The Morgan fingerprint density at radius 1 is 1.60 bits per heavy atom. The SMILES string of the molecule is Cn1cc(Cl)c(CNC(=O)N2CCC(C)(C(=O)O)C2)n1. The van der Waals surface area contributed by atoms with Crippen molar-refractivity contribution in [3.8, 4) is 0 Å². The van der Waals surface area contributed by atoms with Gasteiger partial charge >= 0.3 is 12.0 Å². The molecule has 1 atom stereocenters. The van der Waals surface area contributed by atoms with E-state index in [-0.39, 0.29) is 19.1 Å². The third-order valence-corrected chi connectivity index (χ3v) is 3.85. The van der Waals surface area contributed by atoms with E-state index in [0.717, 1.165) is 0 Å². The Balaban J connectivity index is 1.91. The zero-order chi connectivity index (χ0) is 14.9. The van der Waals surface area contributed by atoms with Gasteiger partial charge in [-0.1, -0.05) is 11.6 Å². The minimum atomic E-state index is -0.874. The Morgan fingerprint density at radius 3 is 2.80 bits per heavy atom. The lowest BCUT2D eigenvalue weighted by atomic mass is 9.90. The van der Waals surface area contributed by atoms with Crippen LogP contribution in [0.4, 0.5) is 4.79 Å². The molecule has 0 spiro atoms. The Morgan fingerprint density at radius 2 is 2.30 bits per heavy atom. The lowest BCUT2D eigenvalue weighted by Crippen LogP contribution is -2.40. The molecule has 7 nitrogen and oxygen atoms in total. The van der Waals surface area contributed by atoms with Crippen LogP contribution in [0, 0.1) is 5.41 Å². The van der Waals surface area contributed by atoms with Gasteiger partial charge in [0.2, 0.25) is 0 Å². The Kier molecular flexibility index (Phi) is 3.89. The summed E-state index contributed by atoms with van der Waals surface area (Å²) in [4.78, 5) is 24.6. The molecule has 1 aromatic rings. The summed E-state index contributed by atoms with van der Waals surface area (Å²) in [6, 6.07) is -0.295. The van der Waals surface area contributed by atoms with E-state index in [4.69, 9.17) is 16.7 Å². The van der Waals surface area contributed by atoms with Gasteiger partial charge < -0.3 is 15.3 Å². The molecular formula is C12H17ClN4O3. The summed E-state index contributed by atoms with van der Waals surface area (Å²) < 4.78 is 1.57. The van der Waals surface area contributed by atoms with Crippen LogP contribution in [-0.2, 0) is 18.4 Å². The first-order valence-corrected chi connectivity index (χ1v) is 6.64. The number of rotatable bonds is 3. The summed E-state index contributed by atoms with van der Waals surface area (Å²) in [5.41, 5.74) is -0.275. The fourth-order valence-corrected chi connectivity index (χ4v) is 2.45. The van der Waals surface area contributed by atoms with Crippen molar-refractivity contribution in [1.82, 2.24) is 20.0 Å². The first-order valence-electron chi connectivity index (χ1n) is 6.26. The number of nitrogens with one attached hydrogen (secondary N) is 1. The molecule has 1 aliphatic rings. The number of likely N-dealkylation sites (tertiary alicyclic amines) is 1. The molecular weight excluding hydrogens is 284 g/mol. The van der Waals surface area contributed by atoms with E-state index >= 15 is 0 Å². The van der Waals surface area contributed by atoms with Crippen molar-refractivity contribution in [2.75, 3.05) is 13.1 Å². The number of carbonyl (C=O) groups is 2. The highest BCUT2D eigenvalue weighted by Crippen LogP contribution is 2.30. The van der Waals surface area contributed by atoms with Crippen molar-refractivity contribution in [3.63, 3.8) is 0 Å². The van der Waals surface area contributed by atoms with Crippen molar-refractivity contribution in [1.29, 1.82) is 0 Å². The smallest absolute Gasteiger partial charge is 0.317 e. The summed E-state index contributed by atoms with van der Waals surface area (Å²) in [6.07, 6.45) is 2.11. The van der Waals surface area contributed by atoms with Crippen molar-refractivity contribution in [2.45, 2.75) is 19.9 Å². The van der Waals surface area contributed by atoms with Crippen LogP contribution >= 0.6 is 11.6 Å². The molecule has 1 aliphatic heterocycles. The molecule has 0 aromatic carbocycles. The number of aromatic nitrogens is 2. The first-order chi connectivity index (χ1) is 9.32. The first kappa shape index (κ1) is 14.6. The highest BCUT2D eigenvalue weighted by molar-refractivity contribution is 6.31. The van der Waals surface area contributed by atoms with Crippen molar-refractivity contribution >= 4 is 23.6 Å². The second-order valence-electron chi connectivity index (χ2n) is 5.29. The number of hydrogen-bond donors (Lipinski definition) is 2. The molecule has 2 rings (SSSR count). The van der Waals surface area contributed by atoms with Crippen LogP contribution in [-0.4, -0.2) is 44.9 Å². The maximum absolute atomic E-state index is 12.0. The number of urea groups is 1. The number of carboxylic acid groups (broad SMARTS) is 1. The lowest BCUT2D eigenvalue weighted by molar-refractivity contribution is -0.146. The van der Waals surface area contributed by atoms with Crippen LogP contribution in [0.2, 0.25) is 5.02 Å². The van der Waals surface area contributed by atoms with Gasteiger partial charge in [0, 0.05) is 26.3 Å². The minimum absolute atomic E-state index is 0.212. The maximum Gasteiger partial charge on any atom is 0.317 e. The molecule has 2 amide bonds. The molecule has 1 unspecified atom stereocenters. The molecule has 0 saturated carbocycles. The number of nitrogens with zero attached hydrogens (tertiary/aromatic N) is 3. The predicted octanol–water partition coefficient (Wildman–Crippen LogP) is 1.08. The van der Waals surface area contributed by atoms with E-state index in [0.29, 0.717) is 23.7 Å². The third-order valence-electron chi connectivity index (χ3n) is 3.54. The molecule has 0 radical (unpaired) electrons. The molecule has 1 fully saturated rings.